The number of esters is 3. The number of pyridine rings is 5. The van der Waals surface area contributed by atoms with Crippen molar-refractivity contribution < 1.29 is 103 Å². The number of nitrogens with one attached hydrogen (secondary N) is 2. The summed E-state index contributed by atoms with van der Waals surface area (Å²) in [6.07, 6.45) is -1.47. The Bertz CT molecular complexity index is 7620. The zero-order valence-electron chi connectivity index (χ0n) is 82.3. The highest BCUT2D eigenvalue weighted by molar-refractivity contribution is 6.05. The molecular formula is C103H109F8N11O23. The highest BCUT2D eigenvalue weighted by Gasteiger charge is 2.36. The number of halogens is 8. The maximum Gasteiger partial charge on any atom is 0.419 e. The molecule has 0 spiro atoms. The van der Waals surface area contributed by atoms with Crippen molar-refractivity contribution in [2.24, 2.45) is 0 Å². The number of benzene rings is 8. The Labute approximate surface area is 822 Å². The fourth-order valence-corrected chi connectivity index (χ4v) is 15.0. The maximum atomic E-state index is 13.8. The summed E-state index contributed by atoms with van der Waals surface area (Å²) < 4.78 is 130. The molecule has 0 aliphatic rings. The number of alkyl halides is 6. The zero-order valence-corrected chi connectivity index (χ0v) is 82.3. The van der Waals surface area contributed by atoms with Crippen LogP contribution in [-0.4, -0.2) is 111 Å². The van der Waals surface area contributed by atoms with Gasteiger partial charge < -0.3 is 68.0 Å². The van der Waals surface area contributed by atoms with Gasteiger partial charge in [0.15, 0.2) is 0 Å². The quantitative estimate of drug-likeness (QED) is 0.0105. The number of nitrogen functional groups attached to an aromatic ring is 1. The molecule has 0 saturated heterocycles. The fraction of sp³-hybridized carbons (Fsp3) is 0.311. The predicted octanol–water partition coefficient (Wildman–Crippen LogP) is 19.2. The van der Waals surface area contributed by atoms with E-state index in [1.165, 1.54) is 82.0 Å². The van der Waals surface area contributed by atoms with Gasteiger partial charge >= 0.3 is 35.9 Å². The van der Waals surface area contributed by atoms with Crippen molar-refractivity contribution in [2.45, 2.75) is 180 Å². The summed E-state index contributed by atoms with van der Waals surface area (Å²) in [6, 6.07) is 32.0. The first kappa shape index (κ1) is 116. The van der Waals surface area contributed by atoms with Gasteiger partial charge in [-0.3, -0.25) is 78.3 Å². The molecule has 42 heteroatoms. The molecule has 0 unspecified atom stereocenters. The van der Waals surface area contributed by atoms with Crippen molar-refractivity contribution in [1.82, 2.24) is 22.8 Å². The van der Waals surface area contributed by atoms with Gasteiger partial charge in [-0.25, -0.2) is 13.6 Å². The third kappa shape index (κ3) is 28.6. The van der Waals surface area contributed by atoms with E-state index in [1.807, 2.05) is 53.7 Å². The lowest BCUT2D eigenvalue weighted by Crippen LogP contribution is -2.26. The number of carbonyl (C=O) groups is 5. The normalized spacial score (nSPS) is 12.0. The number of aryl methyl sites for hydroxylation is 6. The molecule has 6 N–H and O–H groups in total. The summed E-state index contributed by atoms with van der Waals surface area (Å²) in [4.78, 5) is 164. The number of hydrogen-bond acceptors (Lipinski definition) is 24. The molecule has 8 aromatic carbocycles. The Hall–Kier alpha value is -16.3. The average molecular weight is 2020 g/mol. The van der Waals surface area contributed by atoms with Gasteiger partial charge in [-0.15, -0.1) is 0 Å². The number of ether oxygens (including phenoxy) is 3. The van der Waals surface area contributed by atoms with Crippen molar-refractivity contribution >= 4 is 128 Å². The smallest absolute Gasteiger partial charge is 0.419 e. The van der Waals surface area contributed by atoms with Gasteiger partial charge in [0.05, 0.1) is 132 Å². The standard InChI is InChI=1S/C24H22F4N2O4.C22H20F4N2O3.C15H16N2O5.C15H18N2O3.C13H14N2O4.C10H7NO4.2C2H6/c1-13-4-6-18-17(8-9-30(23(18)33)14(2)12-34-15(3)31)22(13)29-21(32)11-16-5-7-19(20(25)10-16)24(26,27)28;1-12-3-5-16-15(7-8-28(21(16)31)13(2)11-29)20(12)27-19(30)10-14-4-6-17(18(23)9-14)22(24,25)26;1-9-4-5-13-12(14(9)17(20)21)6-7-16(15(13)19)10(2)8-22-11(3)18;1-9-4-5-13-12(14(9)16)6-7-17(15(13)19)10(2)8-20-11(3)18;1-8-3-4-11-10(12(8)15(18)19)5-6-14(13(11)17)9(2)7-16;1-6-2-3-8-7(9(6)11(13)14)4-5-15-10(8)12;2*1-2/h4-10,14H,11-12H2,1-3H3,(H,29,32);3-9,13,29H,10-11H2,1-2H3,(H,27,30);4-7,10H,8H2,1-3H3;4-7,10H,8,16H2,1-3H3;3-6,9,16H,7H2,1-2H3;2-5H,1H3;2*1-2H3/t14-;13-;2*10-;9-;;;/m11111.../s1. The van der Waals surface area contributed by atoms with E-state index in [0.29, 0.717) is 118 Å². The third-order valence-corrected chi connectivity index (χ3v) is 22.6. The fourth-order valence-electron chi connectivity index (χ4n) is 15.0. The number of aliphatic hydroxyl groups is 2. The maximum absolute atomic E-state index is 13.8. The lowest BCUT2D eigenvalue weighted by atomic mass is 10.0. The molecule has 0 aliphatic carbocycles. The van der Waals surface area contributed by atoms with E-state index >= 15 is 0 Å². The molecule has 34 nitrogen and oxygen atoms in total. The summed E-state index contributed by atoms with van der Waals surface area (Å²) >= 11 is 0. The number of carbonyl (C=O) groups excluding carboxylic acids is 5. The number of anilines is 3. The SMILES string of the molecule is CC.CC.CC(=O)OC[C@@H](C)n1ccc2c(N)c(C)ccc2c1=O.CC(=O)OC[C@@H](C)n1ccc2c(NC(=O)Cc3ccc(C(F)(F)F)c(F)c3)c(C)ccc2c1=O.CC(=O)OC[C@@H](C)n1ccc2c([N+](=O)[O-])c(C)ccc2c1=O.Cc1ccc2c(=O)n([C@H](C)CO)ccc2c1NC(=O)Cc1ccc(C(F)(F)F)c(F)c1.Cc1ccc2c(=O)n([C@H](C)CO)ccc2c1[N+](=O)[O-].Cc1ccc2c(=O)occc2c1[N+](=O)[O-]. The summed E-state index contributed by atoms with van der Waals surface area (Å²) in [5.41, 5.74) is 6.36. The number of amides is 2. The number of nitrogens with zero attached hydrogens (tertiary/aromatic N) is 8. The van der Waals surface area contributed by atoms with Crippen molar-refractivity contribution in [3.8, 4) is 0 Å². The number of hydrogen-bond donors (Lipinski definition) is 5. The van der Waals surface area contributed by atoms with Crippen molar-refractivity contribution in [1.29, 1.82) is 0 Å². The van der Waals surface area contributed by atoms with Gasteiger partial charge in [-0.1, -0.05) is 76.2 Å². The van der Waals surface area contributed by atoms with Gasteiger partial charge in [0.2, 0.25) is 11.8 Å². The largest absolute Gasteiger partial charge is 0.464 e. The van der Waals surface area contributed by atoms with Crippen molar-refractivity contribution in [3.05, 3.63) is 343 Å². The van der Waals surface area contributed by atoms with Gasteiger partial charge in [0.1, 0.15) is 31.5 Å². The van der Waals surface area contributed by atoms with Crippen LogP contribution in [0.3, 0.4) is 0 Å². The van der Waals surface area contributed by atoms with Gasteiger partial charge in [0, 0.05) is 106 Å². The first-order valence-electron chi connectivity index (χ1n) is 45.1. The summed E-state index contributed by atoms with van der Waals surface area (Å²) in [5.74, 6) is -5.29. The van der Waals surface area contributed by atoms with Crippen LogP contribution >= 0.6 is 0 Å². The van der Waals surface area contributed by atoms with Crippen molar-refractivity contribution in [2.75, 3.05) is 49.4 Å². The van der Waals surface area contributed by atoms with Crippen LogP contribution in [0.5, 0.6) is 0 Å². The third-order valence-electron chi connectivity index (χ3n) is 22.6. The zero-order chi connectivity index (χ0) is 109. The van der Waals surface area contributed by atoms with Crippen molar-refractivity contribution in [3.63, 3.8) is 0 Å². The molecule has 5 atom stereocenters. The van der Waals surface area contributed by atoms with E-state index in [2.05, 4.69) is 15.1 Å². The second-order valence-electron chi connectivity index (χ2n) is 33.0. The van der Waals surface area contributed by atoms with E-state index < -0.39 is 91.3 Å². The van der Waals surface area contributed by atoms with E-state index in [9.17, 15) is 123 Å². The van der Waals surface area contributed by atoms with Crippen LogP contribution in [0.4, 0.5) is 69.2 Å². The minimum atomic E-state index is -4.83. The van der Waals surface area contributed by atoms with E-state index in [1.54, 1.807) is 152 Å². The van der Waals surface area contributed by atoms with E-state index in [-0.39, 0.29) is 137 Å². The van der Waals surface area contributed by atoms with Gasteiger partial charge in [0.25, 0.3) is 44.9 Å². The molecule has 0 bridgehead atoms. The molecule has 0 saturated carbocycles. The minimum absolute atomic E-state index is 0.0138. The second kappa shape index (κ2) is 50.9. The van der Waals surface area contributed by atoms with Crippen LogP contribution in [0.25, 0.3) is 64.6 Å². The number of nitrogens with two attached hydrogens (primary N) is 1. The summed E-state index contributed by atoms with van der Waals surface area (Å²) in [6.45, 7) is 30.7. The second-order valence-corrected chi connectivity index (χ2v) is 33.0. The predicted molar refractivity (Wildman–Crippen MR) is 534 cm³/mol. The Kier molecular flexibility index (Phi) is 40.6. The number of aromatic nitrogens is 5. The van der Waals surface area contributed by atoms with Crippen LogP contribution in [0.2, 0.25) is 0 Å². The Morgan fingerprint density at radius 2 is 0.641 bits per heavy atom. The molecule has 770 valence electrons. The lowest BCUT2D eigenvalue weighted by molar-refractivity contribution is -0.383. The highest BCUT2D eigenvalue weighted by atomic mass is 19.4. The van der Waals surface area contributed by atoms with Crippen LogP contribution in [0.1, 0.15) is 169 Å². The minimum Gasteiger partial charge on any atom is -0.464 e. The molecule has 0 radical (unpaired) electrons. The summed E-state index contributed by atoms with van der Waals surface area (Å²) in [7, 11) is 0. The van der Waals surface area contributed by atoms with Crippen LogP contribution < -0.4 is 49.8 Å². The first-order chi connectivity index (χ1) is 68.2. The van der Waals surface area contributed by atoms with Gasteiger partial charge in [-0.05, 0) is 201 Å². The monoisotopic (exact) mass is 2020 g/mol. The number of nitro benzene ring substituents is 3. The number of aliphatic hydroxyl groups excluding tert-OH is 2. The van der Waals surface area contributed by atoms with Crippen LogP contribution in [0, 0.1) is 83.5 Å². The molecule has 145 heavy (non-hydrogen) atoms. The molecule has 6 heterocycles. The molecule has 0 fully saturated rings. The number of fused-ring (bicyclic) bond motifs is 6. The molecular weight excluding hydrogens is 1910 g/mol. The first-order valence-corrected chi connectivity index (χ1v) is 45.1. The van der Waals surface area contributed by atoms with Gasteiger partial charge in [-0.2, -0.15) is 26.3 Å². The van der Waals surface area contributed by atoms with Crippen LogP contribution in [0.15, 0.2) is 216 Å². The van der Waals surface area contributed by atoms with E-state index in [4.69, 9.17) is 25.1 Å². The van der Waals surface area contributed by atoms with Crippen LogP contribution in [-0.2, 0) is 63.4 Å². The topological polar surface area (TPSA) is 473 Å². The lowest BCUT2D eigenvalue weighted by Gasteiger charge is -2.17. The summed E-state index contributed by atoms with van der Waals surface area (Å²) in [5, 5.41) is 61.5. The Morgan fingerprint density at radius 3 is 0.931 bits per heavy atom. The number of nitro groups is 3. The molecule has 14 aromatic rings. The molecule has 6 aromatic heterocycles. The number of rotatable bonds is 22. The molecule has 2 amide bonds. The Morgan fingerprint density at radius 1 is 0.379 bits per heavy atom. The highest BCUT2D eigenvalue weighted by Crippen LogP contribution is 2.37. The van der Waals surface area contributed by atoms with E-state index in [0.717, 1.165) is 29.3 Å². The molecule has 0 aliphatic heterocycles. The average Bonchev–Trinajstić information content (AvgIpc) is 0.643. The Balaban J connectivity index is 0.000000239. The molecule has 14 rings (SSSR count).